The van der Waals surface area contributed by atoms with E-state index in [0.717, 1.165) is 33.5 Å². The molecule has 2 aromatic rings. The van der Waals surface area contributed by atoms with Crippen molar-refractivity contribution < 1.29 is 9.47 Å². The van der Waals surface area contributed by atoms with Gasteiger partial charge in [-0.25, -0.2) is 0 Å². The van der Waals surface area contributed by atoms with E-state index in [9.17, 15) is 0 Å². The fraction of sp³-hybridized carbons (Fsp3) is 0.250. The van der Waals surface area contributed by atoms with Crippen molar-refractivity contribution >= 4 is 15.9 Å². The number of nitrogens with two attached hydrogens (primary N) is 1. The molecule has 2 N–H and O–H groups in total. The van der Waals surface area contributed by atoms with Crippen LogP contribution >= 0.6 is 15.9 Å². The zero-order valence-electron chi connectivity index (χ0n) is 11.2. The van der Waals surface area contributed by atoms with Gasteiger partial charge in [-0.3, -0.25) is 0 Å². The van der Waals surface area contributed by atoms with Crippen molar-refractivity contribution in [3.8, 4) is 11.5 Å². The van der Waals surface area contributed by atoms with Gasteiger partial charge in [-0.1, -0.05) is 28.1 Å². The molecule has 20 heavy (non-hydrogen) atoms. The van der Waals surface area contributed by atoms with E-state index in [4.69, 9.17) is 15.2 Å². The zero-order valence-corrected chi connectivity index (χ0v) is 12.8. The largest absolute Gasteiger partial charge is 0.497 e. The van der Waals surface area contributed by atoms with Crippen LogP contribution in [0.3, 0.4) is 0 Å². The van der Waals surface area contributed by atoms with Crippen molar-refractivity contribution in [1.82, 2.24) is 0 Å². The Morgan fingerprint density at radius 1 is 1.25 bits per heavy atom. The van der Waals surface area contributed by atoms with Crippen molar-refractivity contribution in [2.75, 3.05) is 7.11 Å². The summed E-state index contributed by atoms with van der Waals surface area (Å²) in [5.74, 6) is 1.70. The number of methoxy groups -OCH3 is 1. The van der Waals surface area contributed by atoms with E-state index in [-0.39, 0.29) is 12.1 Å². The first-order valence-electron chi connectivity index (χ1n) is 6.53. The minimum atomic E-state index is -0.0335. The minimum absolute atomic E-state index is 0.0209. The molecule has 0 saturated carbocycles. The molecule has 4 heteroatoms. The smallest absolute Gasteiger partial charge is 0.126 e. The number of ether oxygens (including phenoxy) is 2. The summed E-state index contributed by atoms with van der Waals surface area (Å²) in [6.45, 7) is 0. The average Bonchev–Trinajstić information content (AvgIpc) is 2.48. The van der Waals surface area contributed by atoms with Crippen LogP contribution in [0.1, 0.15) is 29.7 Å². The van der Waals surface area contributed by atoms with E-state index >= 15 is 0 Å². The molecule has 0 fully saturated rings. The minimum Gasteiger partial charge on any atom is -0.497 e. The van der Waals surface area contributed by atoms with E-state index in [0.29, 0.717) is 0 Å². The predicted octanol–water partition coefficient (Wildman–Crippen LogP) is 3.98. The molecule has 104 valence electrons. The van der Waals surface area contributed by atoms with Gasteiger partial charge in [-0.15, -0.1) is 0 Å². The van der Waals surface area contributed by atoms with E-state index in [1.165, 1.54) is 0 Å². The van der Waals surface area contributed by atoms with Crippen LogP contribution < -0.4 is 15.2 Å². The summed E-state index contributed by atoms with van der Waals surface area (Å²) in [5, 5.41) is 0. The normalized spacial score (nSPS) is 20.9. The highest BCUT2D eigenvalue weighted by molar-refractivity contribution is 9.10. The van der Waals surface area contributed by atoms with Gasteiger partial charge in [0, 0.05) is 22.5 Å². The molecule has 0 radical (unpaired) electrons. The fourth-order valence-corrected chi connectivity index (χ4v) is 2.90. The van der Waals surface area contributed by atoms with Crippen LogP contribution in [-0.2, 0) is 0 Å². The monoisotopic (exact) mass is 333 g/mol. The van der Waals surface area contributed by atoms with Crippen LogP contribution in [0.15, 0.2) is 46.9 Å². The Hall–Kier alpha value is -1.52. The number of hydrogen-bond donors (Lipinski definition) is 1. The molecular weight excluding hydrogens is 318 g/mol. The van der Waals surface area contributed by atoms with E-state index in [1.807, 2.05) is 42.5 Å². The molecule has 0 aromatic heterocycles. The number of fused-ring (bicyclic) bond motifs is 1. The first-order valence-corrected chi connectivity index (χ1v) is 7.32. The molecule has 0 aliphatic carbocycles. The Kier molecular flexibility index (Phi) is 3.68. The second-order valence-corrected chi connectivity index (χ2v) is 5.82. The van der Waals surface area contributed by atoms with Crippen LogP contribution in [0.4, 0.5) is 0 Å². The summed E-state index contributed by atoms with van der Waals surface area (Å²) in [4.78, 5) is 0. The van der Waals surface area contributed by atoms with Crippen molar-refractivity contribution in [2.45, 2.75) is 18.6 Å². The van der Waals surface area contributed by atoms with Gasteiger partial charge in [0.05, 0.1) is 7.11 Å². The van der Waals surface area contributed by atoms with Crippen LogP contribution in [0.5, 0.6) is 11.5 Å². The molecule has 2 aromatic carbocycles. The van der Waals surface area contributed by atoms with Gasteiger partial charge in [0.2, 0.25) is 0 Å². The third kappa shape index (κ3) is 2.53. The van der Waals surface area contributed by atoms with Crippen LogP contribution in [-0.4, -0.2) is 7.11 Å². The second kappa shape index (κ2) is 5.46. The third-order valence-electron chi connectivity index (χ3n) is 3.57. The summed E-state index contributed by atoms with van der Waals surface area (Å²) in [5.41, 5.74) is 8.43. The molecule has 3 rings (SSSR count). The summed E-state index contributed by atoms with van der Waals surface area (Å²) in [6.07, 6.45) is 0.727. The first-order chi connectivity index (χ1) is 9.67. The van der Waals surface area contributed by atoms with Gasteiger partial charge < -0.3 is 15.2 Å². The highest BCUT2D eigenvalue weighted by Crippen LogP contribution is 2.41. The number of hydrogen-bond acceptors (Lipinski definition) is 3. The van der Waals surface area contributed by atoms with E-state index < -0.39 is 0 Å². The van der Waals surface area contributed by atoms with Crippen molar-refractivity contribution in [3.63, 3.8) is 0 Å². The summed E-state index contributed by atoms with van der Waals surface area (Å²) < 4.78 is 12.4. The van der Waals surface area contributed by atoms with Gasteiger partial charge in [-0.05, 0) is 35.9 Å². The van der Waals surface area contributed by atoms with Gasteiger partial charge in [0.25, 0.3) is 0 Å². The molecule has 1 unspecified atom stereocenters. The fourth-order valence-electron chi connectivity index (χ4n) is 2.52. The molecule has 1 aliphatic rings. The average molecular weight is 334 g/mol. The lowest BCUT2D eigenvalue weighted by molar-refractivity contribution is 0.161. The number of benzene rings is 2. The van der Waals surface area contributed by atoms with Crippen molar-refractivity contribution in [1.29, 1.82) is 0 Å². The van der Waals surface area contributed by atoms with Gasteiger partial charge >= 0.3 is 0 Å². The van der Waals surface area contributed by atoms with E-state index in [1.54, 1.807) is 7.11 Å². The summed E-state index contributed by atoms with van der Waals surface area (Å²) in [7, 11) is 1.67. The van der Waals surface area contributed by atoms with Gasteiger partial charge in [0.15, 0.2) is 0 Å². The highest BCUT2D eigenvalue weighted by atomic mass is 79.9. The molecule has 1 heterocycles. The van der Waals surface area contributed by atoms with Crippen LogP contribution in [0.25, 0.3) is 0 Å². The lowest BCUT2D eigenvalue weighted by Gasteiger charge is -2.30. The summed E-state index contributed by atoms with van der Waals surface area (Å²) in [6, 6.07) is 13.9. The first kappa shape index (κ1) is 13.5. The SMILES string of the molecule is COc1cccc(C2C[C@H](N)c3cc(Br)ccc3O2)c1. The number of rotatable bonds is 2. The quantitative estimate of drug-likeness (QED) is 0.903. The van der Waals surface area contributed by atoms with Crippen LogP contribution in [0.2, 0.25) is 0 Å². The molecular formula is C16H16BrNO2. The topological polar surface area (TPSA) is 44.5 Å². The molecule has 0 amide bonds. The number of halogens is 1. The Labute approximate surface area is 126 Å². The Bertz CT molecular complexity index is 630. The molecule has 3 nitrogen and oxygen atoms in total. The lowest BCUT2D eigenvalue weighted by atomic mass is 9.93. The highest BCUT2D eigenvalue weighted by Gasteiger charge is 2.27. The molecule has 0 bridgehead atoms. The van der Waals surface area contributed by atoms with E-state index in [2.05, 4.69) is 15.9 Å². The van der Waals surface area contributed by atoms with Gasteiger partial charge in [0.1, 0.15) is 17.6 Å². The molecule has 1 aliphatic heterocycles. The van der Waals surface area contributed by atoms with Crippen LogP contribution in [0, 0.1) is 0 Å². The predicted molar refractivity (Wildman–Crippen MR) is 82.1 cm³/mol. The Morgan fingerprint density at radius 2 is 2.10 bits per heavy atom. The summed E-state index contributed by atoms with van der Waals surface area (Å²) >= 11 is 3.47. The molecule has 2 atom stereocenters. The standard InChI is InChI=1S/C16H16BrNO2/c1-19-12-4-2-3-10(7-12)16-9-14(18)13-8-11(17)5-6-15(13)20-16/h2-8,14,16H,9,18H2,1H3/t14-,16?/m0/s1. The Morgan fingerprint density at radius 3 is 2.90 bits per heavy atom. The maximum absolute atomic E-state index is 6.28. The van der Waals surface area contributed by atoms with Crippen molar-refractivity contribution in [3.05, 3.63) is 58.1 Å². The third-order valence-corrected chi connectivity index (χ3v) is 4.07. The molecule has 0 spiro atoms. The van der Waals surface area contributed by atoms with Crippen molar-refractivity contribution in [2.24, 2.45) is 5.73 Å². The maximum Gasteiger partial charge on any atom is 0.126 e. The Balaban J connectivity index is 1.92. The molecule has 0 saturated heterocycles. The second-order valence-electron chi connectivity index (χ2n) is 4.91. The zero-order chi connectivity index (χ0) is 14.1. The maximum atomic E-state index is 6.28. The van der Waals surface area contributed by atoms with Gasteiger partial charge in [-0.2, -0.15) is 0 Å². The lowest BCUT2D eigenvalue weighted by Crippen LogP contribution is -2.24.